The Kier molecular flexibility index (Phi) is 2.84. The fraction of sp³-hybridized carbons (Fsp3) is 0.889. The van der Waals surface area contributed by atoms with Crippen molar-refractivity contribution in [3.05, 3.63) is 0 Å². The van der Waals surface area contributed by atoms with E-state index in [1.165, 1.54) is 0 Å². The molecule has 0 aromatic heterocycles. The number of carbonyl (C=O) groups excluding carboxylic acids is 1. The van der Waals surface area contributed by atoms with Crippen LogP contribution in [0.15, 0.2) is 0 Å². The van der Waals surface area contributed by atoms with E-state index >= 15 is 0 Å². The largest absolute Gasteiger partial charge is 0.322 e. The highest BCUT2D eigenvalue weighted by atomic mass is 32.2. The van der Waals surface area contributed by atoms with E-state index in [1.807, 2.05) is 11.8 Å². The molecule has 0 aliphatic carbocycles. The number of hydrogen-bond acceptors (Lipinski definition) is 3. The summed E-state index contributed by atoms with van der Waals surface area (Å²) in [5.74, 6) is 1.49. The van der Waals surface area contributed by atoms with Crippen LogP contribution in [0.2, 0.25) is 0 Å². The van der Waals surface area contributed by atoms with Gasteiger partial charge in [0.15, 0.2) is 5.78 Å². The van der Waals surface area contributed by atoms with Crippen LogP contribution in [0.3, 0.4) is 0 Å². The molecule has 0 aromatic carbocycles. The van der Waals surface area contributed by atoms with Gasteiger partial charge in [-0.1, -0.05) is 0 Å². The van der Waals surface area contributed by atoms with Crippen LogP contribution in [0.25, 0.3) is 0 Å². The van der Waals surface area contributed by atoms with Crippen LogP contribution in [0.1, 0.15) is 27.2 Å². The van der Waals surface area contributed by atoms with E-state index < -0.39 is 0 Å². The highest BCUT2D eigenvalue weighted by Crippen LogP contribution is 2.42. The maximum Gasteiger partial charge on any atom is 0.153 e. The summed E-state index contributed by atoms with van der Waals surface area (Å²) in [4.78, 5) is 11.6. The maximum atomic E-state index is 11.6. The lowest BCUT2D eigenvalue weighted by molar-refractivity contribution is -0.124. The third-order valence-corrected chi connectivity index (χ3v) is 3.98. The number of carbonyl (C=O) groups is 1. The number of nitrogens with two attached hydrogens (primary N) is 1. The smallest absolute Gasteiger partial charge is 0.153 e. The Labute approximate surface area is 78.3 Å². The normalized spacial score (nSPS) is 30.2. The van der Waals surface area contributed by atoms with Gasteiger partial charge in [0.05, 0.1) is 6.04 Å². The van der Waals surface area contributed by atoms with Gasteiger partial charge in [0.25, 0.3) is 0 Å². The quantitative estimate of drug-likeness (QED) is 0.711. The lowest BCUT2D eigenvalue weighted by Gasteiger charge is -2.25. The van der Waals surface area contributed by atoms with Crippen molar-refractivity contribution in [3.8, 4) is 0 Å². The molecular formula is C9H17NOS. The molecule has 2 nitrogen and oxygen atoms in total. The standard InChI is InChI=1S/C9H17NOS/c1-6(10)8(11)7-4-5-12-9(7,2)3/h6-7H,4-5,10H2,1-3H3. The maximum absolute atomic E-state index is 11.6. The van der Waals surface area contributed by atoms with Crippen LogP contribution < -0.4 is 5.73 Å². The van der Waals surface area contributed by atoms with Crippen molar-refractivity contribution in [1.29, 1.82) is 0 Å². The summed E-state index contributed by atoms with van der Waals surface area (Å²) in [6.07, 6.45) is 0.998. The topological polar surface area (TPSA) is 43.1 Å². The number of thioether (sulfide) groups is 1. The average molecular weight is 187 g/mol. The fourth-order valence-electron chi connectivity index (χ4n) is 1.69. The first-order valence-electron chi connectivity index (χ1n) is 4.38. The van der Waals surface area contributed by atoms with E-state index in [4.69, 9.17) is 5.73 Å². The molecule has 0 radical (unpaired) electrons. The number of Topliss-reactive ketones (excluding diaryl/α,β-unsaturated/α-hetero) is 1. The van der Waals surface area contributed by atoms with E-state index in [-0.39, 0.29) is 22.5 Å². The minimum atomic E-state index is -0.298. The molecule has 3 heteroatoms. The van der Waals surface area contributed by atoms with Gasteiger partial charge in [0, 0.05) is 10.7 Å². The predicted molar refractivity (Wildman–Crippen MR) is 53.3 cm³/mol. The van der Waals surface area contributed by atoms with Crippen molar-refractivity contribution in [1.82, 2.24) is 0 Å². The Morgan fingerprint density at radius 1 is 1.67 bits per heavy atom. The van der Waals surface area contributed by atoms with Crippen molar-refractivity contribution in [2.75, 3.05) is 5.75 Å². The van der Waals surface area contributed by atoms with Gasteiger partial charge in [0.2, 0.25) is 0 Å². The highest BCUT2D eigenvalue weighted by Gasteiger charge is 2.40. The Balaban J connectivity index is 2.69. The molecule has 0 amide bonds. The Hall–Kier alpha value is -0.0200. The third-order valence-electron chi connectivity index (χ3n) is 2.51. The van der Waals surface area contributed by atoms with E-state index in [0.29, 0.717) is 0 Å². The molecule has 1 rings (SSSR count). The minimum Gasteiger partial charge on any atom is -0.322 e. The molecular weight excluding hydrogens is 170 g/mol. The number of rotatable bonds is 2. The molecule has 0 spiro atoms. The van der Waals surface area contributed by atoms with Crippen molar-refractivity contribution < 1.29 is 4.79 Å². The minimum absolute atomic E-state index is 0.102. The average Bonchev–Trinajstić information content (AvgIpc) is 2.27. The molecule has 1 fully saturated rings. The molecule has 0 saturated carbocycles. The second-order valence-corrected chi connectivity index (χ2v) is 5.73. The Morgan fingerprint density at radius 2 is 2.25 bits per heavy atom. The van der Waals surface area contributed by atoms with Crippen LogP contribution >= 0.6 is 11.8 Å². The van der Waals surface area contributed by atoms with Crippen LogP contribution in [-0.4, -0.2) is 22.3 Å². The predicted octanol–water partition coefficient (Wildman–Crippen LogP) is 1.43. The zero-order valence-corrected chi connectivity index (χ0v) is 8.78. The van der Waals surface area contributed by atoms with Crippen LogP contribution in [-0.2, 0) is 4.79 Å². The van der Waals surface area contributed by atoms with Crippen molar-refractivity contribution in [2.45, 2.75) is 38.0 Å². The first kappa shape index (κ1) is 10.1. The molecule has 1 heterocycles. The van der Waals surface area contributed by atoms with Crippen LogP contribution in [0.4, 0.5) is 0 Å². The molecule has 0 aromatic rings. The monoisotopic (exact) mass is 187 g/mol. The Bertz CT molecular complexity index is 189. The summed E-state index contributed by atoms with van der Waals surface area (Å²) in [5, 5.41) is 0. The molecule has 1 saturated heterocycles. The summed E-state index contributed by atoms with van der Waals surface area (Å²) in [6.45, 7) is 6.05. The Morgan fingerprint density at radius 3 is 2.58 bits per heavy atom. The van der Waals surface area contributed by atoms with Gasteiger partial charge in [-0.3, -0.25) is 4.79 Å². The zero-order chi connectivity index (χ0) is 9.35. The van der Waals surface area contributed by atoms with Crippen LogP contribution in [0, 0.1) is 5.92 Å². The van der Waals surface area contributed by atoms with E-state index in [0.717, 1.165) is 12.2 Å². The number of hydrogen-bond donors (Lipinski definition) is 1. The van der Waals surface area contributed by atoms with Gasteiger partial charge in [-0.15, -0.1) is 0 Å². The van der Waals surface area contributed by atoms with Gasteiger partial charge < -0.3 is 5.73 Å². The summed E-state index contributed by atoms with van der Waals surface area (Å²) >= 11 is 1.88. The van der Waals surface area contributed by atoms with Crippen LogP contribution in [0.5, 0.6) is 0 Å². The molecule has 2 N–H and O–H groups in total. The van der Waals surface area contributed by atoms with E-state index in [1.54, 1.807) is 6.92 Å². The second kappa shape index (κ2) is 3.38. The van der Waals surface area contributed by atoms with Gasteiger partial charge in [-0.05, 0) is 32.9 Å². The fourth-order valence-corrected chi connectivity index (χ4v) is 3.01. The summed E-state index contributed by atoms with van der Waals surface area (Å²) < 4.78 is 0.102. The van der Waals surface area contributed by atoms with E-state index in [2.05, 4.69) is 13.8 Å². The highest BCUT2D eigenvalue weighted by molar-refractivity contribution is 8.00. The lowest BCUT2D eigenvalue weighted by Crippen LogP contribution is -2.39. The van der Waals surface area contributed by atoms with Crippen molar-refractivity contribution in [2.24, 2.45) is 11.7 Å². The molecule has 1 aliphatic heterocycles. The summed E-state index contributed by atoms with van der Waals surface area (Å²) in [5.41, 5.74) is 5.58. The second-order valence-electron chi connectivity index (χ2n) is 3.98. The van der Waals surface area contributed by atoms with Gasteiger partial charge >= 0.3 is 0 Å². The summed E-state index contributed by atoms with van der Waals surface area (Å²) in [6, 6.07) is -0.298. The molecule has 1 aliphatic rings. The molecule has 70 valence electrons. The molecule has 0 bridgehead atoms. The molecule has 12 heavy (non-hydrogen) atoms. The number of ketones is 1. The van der Waals surface area contributed by atoms with Crippen molar-refractivity contribution in [3.63, 3.8) is 0 Å². The lowest BCUT2D eigenvalue weighted by atomic mass is 9.86. The first-order chi connectivity index (χ1) is 5.45. The first-order valence-corrected chi connectivity index (χ1v) is 5.37. The molecule has 2 atom stereocenters. The van der Waals surface area contributed by atoms with Gasteiger partial charge in [0.1, 0.15) is 0 Å². The van der Waals surface area contributed by atoms with Gasteiger partial charge in [-0.25, -0.2) is 0 Å². The molecule has 2 unspecified atom stereocenters. The van der Waals surface area contributed by atoms with Crippen molar-refractivity contribution >= 4 is 17.5 Å². The van der Waals surface area contributed by atoms with Gasteiger partial charge in [-0.2, -0.15) is 11.8 Å². The third kappa shape index (κ3) is 1.83. The zero-order valence-electron chi connectivity index (χ0n) is 7.96. The van der Waals surface area contributed by atoms with E-state index in [9.17, 15) is 4.79 Å². The summed E-state index contributed by atoms with van der Waals surface area (Å²) in [7, 11) is 0. The SMILES string of the molecule is CC(N)C(=O)C1CCSC1(C)C.